The number of hydrogen-bond donors (Lipinski definition) is 1. The summed E-state index contributed by atoms with van der Waals surface area (Å²) < 4.78 is 0. The number of β-lactam (4-membered cyclic amide) rings is 1. The molecule has 1 aromatic carbocycles. The molecule has 0 bridgehead atoms. The highest BCUT2D eigenvalue weighted by molar-refractivity contribution is 7.59. The average Bonchev–Trinajstić information content (AvgIpc) is 2.45. The van der Waals surface area contributed by atoms with Gasteiger partial charge in [-0.25, -0.2) is 5.06 Å². The van der Waals surface area contributed by atoms with Crippen LogP contribution in [0.25, 0.3) is 0 Å². The third kappa shape index (κ3) is 3.97. The van der Waals surface area contributed by atoms with Crippen molar-refractivity contribution in [1.29, 1.82) is 0 Å². The zero-order valence-corrected chi connectivity index (χ0v) is 15.1. The third-order valence-electron chi connectivity index (χ3n) is 3.80. The van der Waals surface area contributed by atoms with E-state index < -0.39 is 11.6 Å². The molecule has 0 aliphatic carbocycles. The molecule has 0 saturated carbocycles. The number of benzene rings is 1. The lowest BCUT2D eigenvalue weighted by molar-refractivity contribution is -0.268. The van der Waals surface area contributed by atoms with E-state index in [1.807, 2.05) is 44.2 Å². The second kappa shape index (κ2) is 8.45. The molecule has 1 aliphatic rings. The minimum atomic E-state index is -0.499. The van der Waals surface area contributed by atoms with Gasteiger partial charge in [0.2, 0.25) is 5.91 Å². The number of amides is 2. The van der Waals surface area contributed by atoms with Gasteiger partial charge in [-0.2, -0.15) is 27.0 Å². The van der Waals surface area contributed by atoms with E-state index in [1.165, 1.54) is 12.0 Å². The van der Waals surface area contributed by atoms with Crippen LogP contribution >= 0.6 is 27.0 Å². The van der Waals surface area contributed by atoms with Crippen LogP contribution in [0.4, 0.5) is 0 Å². The molecule has 0 spiro atoms. The van der Waals surface area contributed by atoms with Crippen LogP contribution < -0.4 is 5.32 Å². The van der Waals surface area contributed by atoms with Crippen LogP contribution in [0.3, 0.4) is 0 Å². The number of carbonyl (C=O) groups excluding carboxylic acids is 2. The second-order valence-corrected chi connectivity index (χ2v) is 5.24. The van der Waals surface area contributed by atoms with E-state index in [4.69, 9.17) is 4.84 Å². The van der Waals surface area contributed by atoms with E-state index in [2.05, 4.69) is 5.32 Å². The van der Waals surface area contributed by atoms with Crippen LogP contribution in [0.1, 0.15) is 32.8 Å². The third-order valence-corrected chi connectivity index (χ3v) is 3.80. The number of nitrogens with zero attached hydrogens (tertiary/aromatic N) is 1. The van der Waals surface area contributed by atoms with Gasteiger partial charge < -0.3 is 5.32 Å². The number of hydrogen-bond acceptors (Lipinski definition) is 3. The Kier molecular flexibility index (Phi) is 8.00. The van der Waals surface area contributed by atoms with Gasteiger partial charge >= 0.3 is 0 Å². The molecule has 2 rings (SSSR count). The fourth-order valence-electron chi connectivity index (χ4n) is 2.38. The molecule has 0 unspecified atom stereocenters. The maximum absolute atomic E-state index is 12.1. The first kappa shape index (κ1) is 20.8. The van der Waals surface area contributed by atoms with Crippen molar-refractivity contribution < 1.29 is 14.4 Å². The Morgan fingerprint density at radius 2 is 1.91 bits per heavy atom. The largest absolute Gasteiger partial charge is 0.342 e. The van der Waals surface area contributed by atoms with Crippen molar-refractivity contribution in [2.24, 2.45) is 0 Å². The summed E-state index contributed by atoms with van der Waals surface area (Å²) in [5.41, 5.74) is 0.513. The van der Waals surface area contributed by atoms with E-state index in [0.29, 0.717) is 13.0 Å². The van der Waals surface area contributed by atoms with Gasteiger partial charge in [0, 0.05) is 6.92 Å². The highest BCUT2D eigenvalue weighted by Gasteiger charge is 2.57. The van der Waals surface area contributed by atoms with Crippen molar-refractivity contribution >= 4 is 38.8 Å². The fourth-order valence-corrected chi connectivity index (χ4v) is 2.38. The summed E-state index contributed by atoms with van der Waals surface area (Å²) in [6.45, 7) is 5.64. The minimum absolute atomic E-state index is 0. The molecule has 1 heterocycles. The maximum Gasteiger partial charge on any atom is 0.271 e. The van der Waals surface area contributed by atoms with Crippen LogP contribution in [-0.4, -0.2) is 28.5 Å². The number of carbonyl (C=O) groups is 2. The summed E-state index contributed by atoms with van der Waals surface area (Å²) in [4.78, 5) is 28.9. The lowest BCUT2D eigenvalue weighted by Crippen LogP contribution is -2.77. The van der Waals surface area contributed by atoms with Crippen molar-refractivity contribution in [2.75, 3.05) is 0 Å². The minimum Gasteiger partial charge on any atom is -0.342 e. The smallest absolute Gasteiger partial charge is 0.271 e. The molecule has 124 valence electrons. The number of nitrogens with one attached hydrogen (secondary N) is 1. The predicted octanol–water partition coefficient (Wildman–Crippen LogP) is 1.86. The van der Waals surface area contributed by atoms with Gasteiger partial charge in [-0.3, -0.25) is 14.4 Å². The van der Waals surface area contributed by atoms with E-state index in [0.717, 1.165) is 5.56 Å². The Hall–Kier alpha value is -1.18. The lowest BCUT2D eigenvalue weighted by Gasteiger charge is -2.53. The van der Waals surface area contributed by atoms with Crippen LogP contribution in [0.15, 0.2) is 30.3 Å². The molecule has 1 aromatic rings. The highest BCUT2D eigenvalue weighted by atomic mass is 32.1. The van der Waals surface area contributed by atoms with E-state index >= 15 is 0 Å². The standard InChI is InChI=1S/C15H20N2O3.2H2S/c1-4-15(3)13(16-11(2)18)14(19)17(15)20-10-12-8-6-5-7-9-12;;/h5-9,13H,4,10H2,1-3H3,(H,16,18);2*1H2/t13-,15+;;/m1../s1. The Labute approximate surface area is 145 Å². The van der Waals surface area contributed by atoms with Crippen LogP contribution in [0, 0.1) is 0 Å². The van der Waals surface area contributed by atoms with Gasteiger partial charge in [-0.05, 0) is 18.9 Å². The van der Waals surface area contributed by atoms with Crippen molar-refractivity contribution in [1.82, 2.24) is 10.4 Å². The van der Waals surface area contributed by atoms with Gasteiger partial charge in [0.1, 0.15) is 12.6 Å². The van der Waals surface area contributed by atoms with Crippen LogP contribution in [0.2, 0.25) is 0 Å². The van der Waals surface area contributed by atoms with Crippen LogP contribution in [-0.2, 0) is 21.0 Å². The van der Waals surface area contributed by atoms with Gasteiger partial charge in [0.25, 0.3) is 5.91 Å². The van der Waals surface area contributed by atoms with E-state index in [9.17, 15) is 9.59 Å². The molecule has 1 saturated heterocycles. The fraction of sp³-hybridized carbons (Fsp3) is 0.467. The second-order valence-electron chi connectivity index (χ2n) is 5.24. The van der Waals surface area contributed by atoms with Crippen molar-refractivity contribution in [3.63, 3.8) is 0 Å². The molecule has 1 aliphatic heterocycles. The van der Waals surface area contributed by atoms with Crippen molar-refractivity contribution in [2.45, 2.75) is 45.4 Å². The molecule has 1 fully saturated rings. The summed E-state index contributed by atoms with van der Waals surface area (Å²) in [5, 5.41) is 4.08. The number of rotatable bonds is 5. The Balaban J connectivity index is 0.00000220. The topological polar surface area (TPSA) is 58.6 Å². The molecular weight excluding hydrogens is 320 g/mol. The monoisotopic (exact) mass is 344 g/mol. The summed E-state index contributed by atoms with van der Waals surface area (Å²) in [6, 6.07) is 9.17. The van der Waals surface area contributed by atoms with E-state index in [-0.39, 0.29) is 38.8 Å². The average molecular weight is 345 g/mol. The Morgan fingerprint density at radius 1 is 1.32 bits per heavy atom. The molecular formula is C15H24N2O3S2. The van der Waals surface area contributed by atoms with Gasteiger partial charge in [0.05, 0.1) is 5.54 Å². The van der Waals surface area contributed by atoms with E-state index in [1.54, 1.807) is 0 Å². The Morgan fingerprint density at radius 3 is 2.41 bits per heavy atom. The van der Waals surface area contributed by atoms with Gasteiger partial charge in [-0.1, -0.05) is 37.3 Å². The Bertz CT molecular complexity index is 513. The van der Waals surface area contributed by atoms with Crippen molar-refractivity contribution in [3.8, 4) is 0 Å². The quantitative estimate of drug-likeness (QED) is 0.830. The maximum atomic E-state index is 12.1. The summed E-state index contributed by atoms with van der Waals surface area (Å²) >= 11 is 0. The first-order chi connectivity index (χ1) is 9.49. The molecule has 5 nitrogen and oxygen atoms in total. The van der Waals surface area contributed by atoms with Gasteiger partial charge in [-0.15, -0.1) is 0 Å². The lowest BCUT2D eigenvalue weighted by atomic mass is 9.80. The van der Waals surface area contributed by atoms with Crippen molar-refractivity contribution in [3.05, 3.63) is 35.9 Å². The SMILES string of the molecule is CC[C@@]1(C)[C@H](NC(C)=O)C(=O)N1OCc1ccccc1.S.S. The first-order valence-electron chi connectivity index (χ1n) is 6.77. The summed E-state index contributed by atoms with van der Waals surface area (Å²) in [5.74, 6) is -0.397. The molecule has 0 aromatic heterocycles. The number of hydroxylamine groups is 2. The predicted molar refractivity (Wildman–Crippen MR) is 95.1 cm³/mol. The normalized spacial score (nSPS) is 23.0. The molecule has 1 N–H and O–H groups in total. The molecule has 2 amide bonds. The first-order valence-corrected chi connectivity index (χ1v) is 6.77. The molecule has 7 heteroatoms. The molecule has 22 heavy (non-hydrogen) atoms. The molecule has 0 radical (unpaired) electrons. The zero-order valence-electron chi connectivity index (χ0n) is 13.1. The summed E-state index contributed by atoms with van der Waals surface area (Å²) in [7, 11) is 0. The molecule has 2 atom stereocenters. The zero-order chi connectivity index (χ0) is 14.8. The van der Waals surface area contributed by atoms with Crippen LogP contribution in [0.5, 0.6) is 0 Å². The highest BCUT2D eigenvalue weighted by Crippen LogP contribution is 2.35. The summed E-state index contributed by atoms with van der Waals surface area (Å²) in [6.07, 6.45) is 0.707. The van der Waals surface area contributed by atoms with Gasteiger partial charge in [0.15, 0.2) is 0 Å².